The molecule has 5 aromatic rings. The van der Waals surface area contributed by atoms with Crippen LogP contribution in [0.25, 0.3) is 33.2 Å². The van der Waals surface area contributed by atoms with Gasteiger partial charge in [0, 0.05) is 53.3 Å². The number of hydrogen-bond donors (Lipinski definition) is 2. The zero-order valence-corrected chi connectivity index (χ0v) is 21.3. The van der Waals surface area contributed by atoms with Crippen LogP contribution in [0.1, 0.15) is 5.69 Å². The van der Waals surface area contributed by atoms with Gasteiger partial charge >= 0.3 is 5.97 Å². The predicted molar refractivity (Wildman–Crippen MR) is 145 cm³/mol. The third kappa shape index (κ3) is 4.49. The molecule has 6 rings (SSSR count). The molecule has 0 radical (unpaired) electrons. The van der Waals surface area contributed by atoms with E-state index < -0.39 is 11.5 Å². The molecule has 1 aliphatic rings. The van der Waals surface area contributed by atoms with E-state index in [1.165, 1.54) is 35.7 Å². The summed E-state index contributed by atoms with van der Waals surface area (Å²) in [6.45, 7) is 0. The van der Waals surface area contributed by atoms with Crippen LogP contribution in [0.5, 0.6) is 0 Å². The minimum absolute atomic E-state index is 0.199. The lowest BCUT2D eigenvalue weighted by Gasteiger charge is -2.19. The van der Waals surface area contributed by atoms with Gasteiger partial charge in [0.05, 0.1) is 10.6 Å². The average Bonchev–Trinajstić information content (AvgIpc) is 3.59. The first-order valence-electron chi connectivity index (χ1n) is 11.5. The van der Waals surface area contributed by atoms with Crippen molar-refractivity contribution in [2.24, 2.45) is 12.0 Å². The number of aromatic nitrogens is 5. The normalized spacial score (nSPS) is 17.5. The first kappa shape index (κ1) is 23.7. The summed E-state index contributed by atoms with van der Waals surface area (Å²) in [5.41, 5.74) is 1.94. The monoisotopic (exact) mass is 532 g/mol. The Labute approximate surface area is 219 Å². The van der Waals surface area contributed by atoms with Crippen molar-refractivity contribution in [3.8, 4) is 11.4 Å². The van der Waals surface area contributed by atoms with E-state index in [-0.39, 0.29) is 12.2 Å². The summed E-state index contributed by atoms with van der Waals surface area (Å²) < 4.78 is 15.5. The van der Waals surface area contributed by atoms with E-state index in [1.54, 1.807) is 12.3 Å². The van der Waals surface area contributed by atoms with Crippen LogP contribution in [-0.2, 0) is 18.3 Å². The Morgan fingerprint density at radius 3 is 2.95 bits per heavy atom. The number of thioether (sulfide) groups is 2. The number of hydrogen-bond acceptors (Lipinski definition) is 7. The highest BCUT2D eigenvalue weighted by Crippen LogP contribution is 2.35. The third-order valence-corrected chi connectivity index (χ3v) is 8.76. The SMILES string of the molecule is Cn1c(SCC2=NC(Cc3cc4ccc(F)cc4[nH]3)(C(=O)O)CS2)nnc1-c1ccc2ncccc2c1. The van der Waals surface area contributed by atoms with E-state index in [4.69, 9.17) is 0 Å². The fourth-order valence-electron chi connectivity index (χ4n) is 4.46. The number of fused-ring (bicyclic) bond motifs is 2. The number of aliphatic carboxylic acids is 1. The maximum atomic E-state index is 13.6. The quantitative estimate of drug-likeness (QED) is 0.285. The molecule has 0 spiro atoms. The third-order valence-electron chi connectivity index (χ3n) is 6.36. The van der Waals surface area contributed by atoms with Crippen LogP contribution < -0.4 is 0 Å². The number of carboxylic acids is 1. The van der Waals surface area contributed by atoms with Crippen LogP contribution in [0.4, 0.5) is 4.39 Å². The van der Waals surface area contributed by atoms with Gasteiger partial charge < -0.3 is 14.7 Å². The van der Waals surface area contributed by atoms with Crippen LogP contribution in [0.15, 0.2) is 70.9 Å². The second-order valence-corrected chi connectivity index (χ2v) is 10.9. The number of nitrogens with zero attached hydrogens (tertiary/aromatic N) is 5. The molecule has 1 aliphatic heterocycles. The van der Waals surface area contributed by atoms with Gasteiger partial charge in [-0.25, -0.2) is 9.18 Å². The van der Waals surface area contributed by atoms with Gasteiger partial charge in [0.1, 0.15) is 5.82 Å². The van der Waals surface area contributed by atoms with Crippen LogP contribution >= 0.6 is 23.5 Å². The number of benzene rings is 2. The van der Waals surface area contributed by atoms with Gasteiger partial charge in [-0.05, 0) is 53.9 Å². The Kier molecular flexibility index (Phi) is 5.96. The van der Waals surface area contributed by atoms with Gasteiger partial charge in [-0.15, -0.1) is 22.0 Å². The Balaban J connectivity index is 1.19. The molecule has 0 fully saturated rings. The van der Waals surface area contributed by atoms with Crippen LogP contribution in [0.2, 0.25) is 0 Å². The summed E-state index contributed by atoms with van der Waals surface area (Å²) in [4.78, 5) is 24.4. The summed E-state index contributed by atoms with van der Waals surface area (Å²) in [6.07, 6.45) is 1.97. The topological polar surface area (TPSA) is 109 Å². The largest absolute Gasteiger partial charge is 0.479 e. The summed E-state index contributed by atoms with van der Waals surface area (Å²) in [5, 5.41) is 22.1. The highest BCUT2D eigenvalue weighted by Gasteiger charge is 2.43. The van der Waals surface area contributed by atoms with E-state index in [1.807, 2.05) is 48.0 Å². The molecule has 2 N–H and O–H groups in total. The van der Waals surface area contributed by atoms with Crippen LogP contribution in [0.3, 0.4) is 0 Å². The molecule has 37 heavy (non-hydrogen) atoms. The number of H-pyrrole nitrogens is 1. The van der Waals surface area contributed by atoms with Gasteiger partial charge in [0.2, 0.25) is 0 Å². The number of aliphatic imine (C=N–C) groups is 1. The van der Waals surface area contributed by atoms with Crippen molar-refractivity contribution in [1.82, 2.24) is 24.7 Å². The maximum Gasteiger partial charge on any atom is 0.332 e. The molecule has 0 saturated heterocycles. The molecule has 0 bridgehead atoms. The molecule has 1 unspecified atom stereocenters. The number of pyridine rings is 1. The summed E-state index contributed by atoms with van der Waals surface area (Å²) in [5.74, 6) is 0.246. The minimum Gasteiger partial charge on any atom is -0.479 e. The van der Waals surface area contributed by atoms with Crippen molar-refractivity contribution in [1.29, 1.82) is 0 Å². The molecule has 186 valence electrons. The lowest BCUT2D eigenvalue weighted by atomic mass is 9.96. The van der Waals surface area contributed by atoms with Crippen molar-refractivity contribution < 1.29 is 14.3 Å². The lowest BCUT2D eigenvalue weighted by Crippen LogP contribution is -2.39. The molecule has 0 saturated carbocycles. The molecule has 11 heteroatoms. The molecule has 0 amide bonds. The molecule has 2 aromatic carbocycles. The predicted octanol–water partition coefficient (Wildman–Crippen LogP) is 4.95. The van der Waals surface area contributed by atoms with Gasteiger partial charge in [-0.3, -0.25) is 9.98 Å². The van der Waals surface area contributed by atoms with E-state index in [2.05, 4.69) is 25.2 Å². The van der Waals surface area contributed by atoms with E-state index in [9.17, 15) is 14.3 Å². The van der Waals surface area contributed by atoms with Crippen LogP contribution in [-0.4, -0.2) is 57.9 Å². The number of halogens is 1. The van der Waals surface area contributed by atoms with E-state index >= 15 is 0 Å². The number of nitrogens with one attached hydrogen (secondary N) is 1. The van der Waals surface area contributed by atoms with Gasteiger partial charge in [-0.2, -0.15) is 0 Å². The van der Waals surface area contributed by atoms with Gasteiger partial charge in [-0.1, -0.05) is 17.8 Å². The Morgan fingerprint density at radius 1 is 1.19 bits per heavy atom. The average molecular weight is 533 g/mol. The standard InChI is InChI=1S/C26H21FN6O2S2/c1-33-23(17-5-7-20-15(9-17)3-2-8-28-20)31-32-25(33)36-13-22-30-26(14-37-22,24(34)35)12-19-10-16-4-6-18(27)11-21(16)29-19/h2-11,29H,12-14H2,1H3,(H,34,35). The Hall–Kier alpha value is -3.70. The first-order valence-corrected chi connectivity index (χ1v) is 13.5. The van der Waals surface area contributed by atoms with Crippen molar-refractivity contribution in [3.05, 3.63) is 72.3 Å². The Morgan fingerprint density at radius 2 is 2.08 bits per heavy atom. The summed E-state index contributed by atoms with van der Waals surface area (Å²) in [7, 11) is 1.91. The van der Waals surface area contributed by atoms with Crippen LogP contribution in [0, 0.1) is 5.82 Å². The van der Waals surface area contributed by atoms with Crippen molar-refractivity contribution in [2.75, 3.05) is 11.5 Å². The van der Waals surface area contributed by atoms with Gasteiger partial charge in [0.15, 0.2) is 16.5 Å². The minimum atomic E-state index is -1.27. The molecule has 1 atom stereocenters. The number of carboxylic acid groups (broad SMARTS) is 1. The highest BCUT2D eigenvalue weighted by atomic mass is 32.2. The first-order chi connectivity index (χ1) is 17.9. The van der Waals surface area contributed by atoms with Crippen molar-refractivity contribution in [2.45, 2.75) is 17.1 Å². The fraction of sp³-hybridized carbons (Fsp3) is 0.192. The second kappa shape index (κ2) is 9.31. The number of aromatic amines is 1. The molecular weight excluding hydrogens is 511 g/mol. The second-order valence-electron chi connectivity index (χ2n) is 8.90. The smallest absolute Gasteiger partial charge is 0.332 e. The zero-order valence-electron chi connectivity index (χ0n) is 19.7. The van der Waals surface area contributed by atoms with Crippen molar-refractivity contribution >= 4 is 56.3 Å². The number of rotatable bonds is 7. The zero-order chi connectivity index (χ0) is 25.6. The summed E-state index contributed by atoms with van der Waals surface area (Å²) >= 11 is 2.92. The highest BCUT2D eigenvalue weighted by molar-refractivity contribution is 8.16. The molecule has 8 nitrogen and oxygen atoms in total. The fourth-order valence-corrected chi connectivity index (χ4v) is 6.60. The molecular formula is C26H21FN6O2S2. The number of carbonyl (C=O) groups is 1. The Bertz CT molecular complexity index is 1700. The van der Waals surface area contributed by atoms with Gasteiger partial charge in [0.25, 0.3) is 0 Å². The van der Waals surface area contributed by atoms with Crippen molar-refractivity contribution in [3.63, 3.8) is 0 Å². The molecule has 4 heterocycles. The summed E-state index contributed by atoms with van der Waals surface area (Å²) in [6, 6.07) is 16.2. The maximum absolute atomic E-state index is 13.6. The molecule has 3 aromatic heterocycles. The molecule has 0 aliphatic carbocycles. The van der Waals surface area contributed by atoms with E-state index in [0.29, 0.717) is 22.7 Å². The van der Waals surface area contributed by atoms with E-state index in [0.717, 1.165) is 37.9 Å². The lowest BCUT2D eigenvalue weighted by molar-refractivity contribution is -0.142.